The number of benzene rings is 2. The summed E-state index contributed by atoms with van der Waals surface area (Å²) in [6.45, 7) is 4.03. The summed E-state index contributed by atoms with van der Waals surface area (Å²) in [5.41, 5.74) is 2.46. The van der Waals surface area contributed by atoms with Crippen molar-refractivity contribution in [2.75, 3.05) is 31.1 Å². The predicted molar refractivity (Wildman–Crippen MR) is 133 cm³/mol. The monoisotopic (exact) mass is 461 g/mol. The van der Waals surface area contributed by atoms with Crippen molar-refractivity contribution in [2.45, 2.75) is 57.5 Å². The largest absolute Gasteiger partial charge is 0.482 e. The highest BCUT2D eigenvalue weighted by Crippen LogP contribution is 2.32. The van der Waals surface area contributed by atoms with Crippen LogP contribution in [0.15, 0.2) is 48.5 Å². The maximum Gasteiger partial charge on any atom is 0.265 e. The Morgan fingerprint density at radius 1 is 0.941 bits per heavy atom. The lowest BCUT2D eigenvalue weighted by molar-refractivity contribution is -0.121. The Morgan fingerprint density at radius 2 is 1.71 bits per heavy atom. The molecule has 34 heavy (non-hydrogen) atoms. The molecule has 1 aliphatic carbocycles. The van der Waals surface area contributed by atoms with Crippen molar-refractivity contribution in [3.05, 3.63) is 59.7 Å². The van der Waals surface area contributed by atoms with E-state index in [-0.39, 0.29) is 24.5 Å². The SMILES string of the molecule is O=C(N[C@@H]1CCCC[C@H]1CN1CCCCC1)c1ccc(CN2C(=O)COc3ccccc32)cc1. The van der Waals surface area contributed by atoms with Crippen molar-refractivity contribution < 1.29 is 14.3 Å². The van der Waals surface area contributed by atoms with Crippen molar-refractivity contribution in [1.82, 2.24) is 10.2 Å². The molecular formula is C28H35N3O3. The van der Waals surface area contributed by atoms with Gasteiger partial charge in [0.05, 0.1) is 12.2 Å². The number of carbonyl (C=O) groups is 2. The summed E-state index contributed by atoms with van der Waals surface area (Å²) in [4.78, 5) is 29.9. The summed E-state index contributed by atoms with van der Waals surface area (Å²) in [6.07, 6.45) is 8.69. The van der Waals surface area contributed by atoms with Gasteiger partial charge in [-0.25, -0.2) is 0 Å². The van der Waals surface area contributed by atoms with Crippen LogP contribution >= 0.6 is 0 Å². The molecule has 0 aromatic heterocycles. The lowest BCUT2D eigenvalue weighted by Gasteiger charge is -2.37. The van der Waals surface area contributed by atoms with E-state index < -0.39 is 0 Å². The molecule has 0 spiro atoms. The van der Waals surface area contributed by atoms with Crippen molar-refractivity contribution in [3.63, 3.8) is 0 Å². The molecule has 2 heterocycles. The number of hydrogen-bond acceptors (Lipinski definition) is 4. The van der Waals surface area contributed by atoms with Crippen molar-refractivity contribution in [1.29, 1.82) is 0 Å². The van der Waals surface area contributed by atoms with Crippen LogP contribution in [0, 0.1) is 5.92 Å². The van der Waals surface area contributed by atoms with Gasteiger partial charge in [-0.05, 0) is 74.5 Å². The Kier molecular flexibility index (Phi) is 7.14. The molecule has 0 unspecified atom stereocenters. The summed E-state index contributed by atoms with van der Waals surface area (Å²) >= 11 is 0. The first kappa shape index (κ1) is 22.9. The van der Waals surface area contributed by atoms with E-state index in [1.54, 1.807) is 4.90 Å². The number of hydrogen-bond donors (Lipinski definition) is 1. The van der Waals surface area contributed by atoms with Crippen molar-refractivity contribution in [3.8, 4) is 5.75 Å². The average Bonchev–Trinajstić information content (AvgIpc) is 2.88. The Bertz CT molecular complexity index is 1000. The van der Waals surface area contributed by atoms with Crippen LogP contribution in [0.5, 0.6) is 5.75 Å². The van der Waals surface area contributed by atoms with E-state index >= 15 is 0 Å². The van der Waals surface area contributed by atoms with Crippen molar-refractivity contribution >= 4 is 17.5 Å². The average molecular weight is 462 g/mol. The Balaban J connectivity index is 1.21. The molecule has 1 saturated carbocycles. The molecule has 3 aliphatic rings. The highest BCUT2D eigenvalue weighted by Gasteiger charge is 2.29. The van der Waals surface area contributed by atoms with Crippen LogP contribution in [-0.4, -0.2) is 49.0 Å². The maximum atomic E-state index is 13.1. The third-order valence-corrected chi connectivity index (χ3v) is 7.53. The standard InChI is InChI=1S/C28H35N3O3/c32-27-20-34-26-11-5-4-10-25(26)31(27)18-21-12-14-22(15-13-21)28(33)29-24-9-3-2-8-23(24)19-30-16-6-1-7-17-30/h4-5,10-15,23-24H,1-3,6-9,16-20H2,(H,29,33)/t23-,24+/m0/s1. The molecule has 2 amide bonds. The van der Waals surface area contributed by atoms with Gasteiger partial charge < -0.3 is 19.9 Å². The highest BCUT2D eigenvalue weighted by atomic mass is 16.5. The van der Waals surface area contributed by atoms with Crippen molar-refractivity contribution in [2.24, 2.45) is 5.92 Å². The minimum Gasteiger partial charge on any atom is -0.482 e. The Labute approximate surface area is 202 Å². The molecule has 1 saturated heterocycles. The summed E-state index contributed by atoms with van der Waals surface area (Å²) in [5.74, 6) is 1.22. The van der Waals surface area contributed by atoms with Crippen LogP contribution < -0.4 is 15.0 Å². The van der Waals surface area contributed by atoms with E-state index in [9.17, 15) is 9.59 Å². The molecule has 2 fully saturated rings. The van der Waals surface area contributed by atoms with Crippen LogP contribution in [0.2, 0.25) is 0 Å². The second-order valence-electron chi connectivity index (χ2n) is 9.92. The number of para-hydroxylation sites is 2. The fourth-order valence-electron chi connectivity index (χ4n) is 5.61. The molecule has 2 aromatic carbocycles. The number of carbonyl (C=O) groups excluding carboxylic acids is 2. The Morgan fingerprint density at radius 3 is 2.53 bits per heavy atom. The minimum atomic E-state index is -0.0578. The molecule has 0 radical (unpaired) electrons. The van der Waals surface area contributed by atoms with Crippen LogP contribution in [0.3, 0.4) is 0 Å². The number of piperidine rings is 1. The molecule has 2 aromatic rings. The quantitative estimate of drug-likeness (QED) is 0.693. The van der Waals surface area contributed by atoms with E-state index in [2.05, 4.69) is 10.2 Å². The number of rotatable bonds is 6. The summed E-state index contributed by atoms with van der Waals surface area (Å²) in [7, 11) is 0. The fourth-order valence-corrected chi connectivity index (χ4v) is 5.61. The first-order valence-electron chi connectivity index (χ1n) is 12.8. The van der Waals surface area contributed by atoms with Gasteiger partial charge in [0.15, 0.2) is 6.61 Å². The number of fused-ring (bicyclic) bond motifs is 1. The first-order valence-corrected chi connectivity index (χ1v) is 12.8. The molecular weight excluding hydrogens is 426 g/mol. The van der Waals surface area contributed by atoms with E-state index in [1.807, 2.05) is 48.5 Å². The van der Waals surface area contributed by atoms with Crippen LogP contribution in [0.4, 0.5) is 5.69 Å². The first-order chi connectivity index (χ1) is 16.7. The number of nitrogens with one attached hydrogen (secondary N) is 1. The van der Waals surface area contributed by atoms with Gasteiger partial charge in [-0.15, -0.1) is 0 Å². The number of anilines is 1. The van der Waals surface area contributed by atoms with E-state index in [4.69, 9.17) is 4.74 Å². The van der Waals surface area contributed by atoms with E-state index in [0.29, 0.717) is 18.0 Å². The zero-order valence-corrected chi connectivity index (χ0v) is 19.9. The van der Waals surface area contributed by atoms with E-state index in [0.717, 1.165) is 30.0 Å². The molecule has 2 aliphatic heterocycles. The number of amides is 2. The lowest BCUT2D eigenvalue weighted by Crippen LogP contribution is -2.47. The number of ether oxygens (including phenoxy) is 1. The van der Waals surface area contributed by atoms with Gasteiger partial charge in [0.25, 0.3) is 11.8 Å². The summed E-state index contributed by atoms with van der Waals surface area (Å²) < 4.78 is 5.54. The molecule has 1 N–H and O–H groups in total. The third kappa shape index (κ3) is 5.27. The number of nitrogens with zero attached hydrogens (tertiary/aromatic N) is 2. The smallest absolute Gasteiger partial charge is 0.265 e. The molecule has 0 bridgehead atoms. The zero-order chi connectivity index (χ0) is 23.3. The topological polar surface area (TPSA) is 61.9 Å². The third-order valence-electron chi connectivity index (χ3n) is 7.53. The second-order valence-corrected chi connectivity index (χ2v) is 9.92. The van der Waals surface area contributed by atoms with Gasteiger partial charge in [0, 0.05) is 18.2 Å². The summed E-state index contributed by atoms with van der Waals surface area (Å²) in [6, 6.07) is 15.5. The molecule has 6 nitrogen and oxygen atoms in total. The predicted octanol–water partition coefficient (Wildman–Crippen LogP) is 4.39. The van der Waals surface area contributed by atoms with Gasteiger partial charge in [-0.2, -0.15) is 0 Å². The summed E-state index contributed by atoms with van der Waals surface area (Å²) in [5, 5.41) is 3.35. The normalized spacial score (nSPS) is 23.2. The van der Waals surface area contributed by atoms with Crippen LogP contribution in [-0.2, 0) is 11.3 Å². The molecule has 5 rings (SSSR count). The zero-order valence-electron chi connectivity index (χ0n) is 19.9. The molecule has 2 atom stereocenters. The lowest BCUT2D eigenvalue weighted by atomic mass is 9.83. The second kappa shape index (κ2) is 10.6. The van der Waals surface area contributed by atoms with Gasteiger partial charge >= 0.3 is 0 Å². The van der Waals surface area contributed by atoms with Crippen LogP contribution in [0.25, 0.3) is 0 Å². The minimum absolute atomic E-state index is 0.00916. The van der Waals surface area contributed by atoms with Gasteiger partial charge in [0.2, 0.25) is 0 Å². The van der Waals surface area contributed by atoms with E-state index in [1.165, 1.54) is 51.6 Å². The van der Waals surface area contributed by atoms with Crippen LogP contribution in [0.1, 0.15) is 60.9 Å². The van der Waals surface area contributed by atoms with Gasteiger partial charge in [0.1, 0.15) is 5.75 Å². The molecule has 180 valence electrons. The maximum absolute atomic E-state index is 13.1. The number of likely N-dealkylation sites (tertiary alicyclic amines) is 1. The fraction of sp³-hybridized carbons (Fsp3) is 0.500. The molecule has 6 heteroatoms. The Hall–Kier alpha value is -2.86. The van der Waals surface area contributed by atoms with Gasteiger partial charge in [-0.3, -0.25) is 9.59 Å². The van der Waals surface area contributed by atoms with Gasteiger partial charge in [-0.1, -0.05) is 43.5 Å². The highest BCUT2D eigenvalue weighted by molar-refractivity contribution is 5.98.